The fraction of sp³-hybridized carbons (Fsp3) is 0.250. The summed E-state index contributed by atoms with van der Waals surface area (Å²) in [6.45, 7) is 1.82. The van der Waals surface area contributed by atoms with E-state index < -0.39 is 5.97 Å². The van der Waals surface area contributed by atoms with Gasteiger partial charge in [0.1, 0.15) is 16.2 Å². The number of nitrogens with zero attached hydrogens (tertiary/aromatic N) is 2. The summed E-state index contributed by atoms with van der Waals surface area (Å²) in [7, 11) is 0. The number of fused-ring (bicyclic) bond motifs is 1. The second-order valence-corrected chi connectivity index (χ2v) is 7.84. The fourth-order valence-electron chi connectivity index (χ4n) is 1.99. The second kappa shape index (κ2) is 7.87. The molecule has 24 heavy (non-hydrogen) atoms. The highest BCUT2D eigenvalue weighted by atomic mass is 32.2. The maximum absolute atomic E-state index is 12.0. The van der Waals surface area contributed by atoms with Gasteiger partial charge in [0, 0.05) is 10.3 Å². The van der Waals surface area contributed by atoms with E-state index in [4.69, 9.17) is 4.74 Å². The topological polar surface area (TPSA) is 69.2 Å². The predicted octanol–water partition coefficient (Wildman–Crippen LogP) is 3.83. The Bertz CT molecular complexity index is 872. The number of thiophene rings is 2. The lowest BCUT2D eigenvalue weighted by Gasteiger charge is -2.04. The summed E-state index contributed by atoms with van der Waals surface area (Å²) in [4.78, 5) is 34.9. The first kappa shape index (κ1) is 17.1. The molecule has 5 nitrogen and oxygen atoms in total. The maximum atomic E-state index is 12.0. The molecule has 8 heteroatoms. The van der Waals surface area contributed by atoms with E-state index in [1.807, 2.05) is 24.4 Å². The molecule has 0 N–H and O–H groups in total. The van der Waals surface area contributed by atoms with Crippen molar-refractivity contribution in [3.63, 3.8) is 0 Å². The number of esters is 1. The van der Waals surface area contributed by atoms with Crippen molar-refractivity contribution in [3.8, 4) is 0 Å². The van der Waals surface area contributed by atoms with Crippen molar-refractivity contribution in [2.75, 3.05) is 12.4 Å². The van der Waals surface area contributed by atoms with Gasteiger partial charge in [0.05, 0.1) is 10.6 Å². The monoisotopic (exact) mass is 378 g/mol. The maximum Gasteiger partial charge on any atom is 0.316 e. The van der Waals surface area contributed by atoms with Crippen molar-refractivity contribution in [2.24, 2.45) is 0 Å². The van der Waals surface area contributed by atoms with Crippen LogP contribution in [0.2, 0.25) is 0 Å². The van der Waals surface area contributed by atoms with Crippen molar-refractivity contribution < 1.29 is 14.3 Å². The molecule has 0 aliphatic carbocycles. The standard InChI is InChI=1S/C16H14N2O3S3/c1-2-10-3-4-13(24-10)12(19)7-21-14(20)8-23-16-11-5-6-22-15(11)17-9-18-16/h3-6,9H,2,7-8H2,1H3. The number of hydrogen-bond donors (Lipinski definition) is 0. The molecule has 0 saturated carbocycles. The summed E-state index contributed by atoms with van der Waals surface area (Å²) < 4.78 is 5.07. The van der Waals surface area contributed by atoms with Crippen LogP contribution in [-0.4, -0.2) is 34.1 Å². The second-order valence-electron chi connectivity index (χ2n) is 4.81. The minimum Gasteiger partial charge on any atom is -0.457 e. The molecule has 0 unspecified atom stereocenters. The van der Waals surface area contributed by atoms with Crippen LogP contribution in [0.4, 0.5) is 0 Å². The molecule has 3 aromatic rings. The van der Waals surface area contributed by atoms with E-state index in [0.29, 0.717) is 4.88 Å². The molecule has 0 aromatic carbocycles. The Morgan fingerprint density at radius 2 is 2.12 bits per heavy atom. The van der Waals surface area contributed by atoms with Crippen LogP contribution in [0.1, 0.15) is 21.5 Å². The van der Waals surface area contributed by atoms with Gasteiger partial charge in [0.25, 0.3) is 0 Å². The molecule has 0 radical (unpaired) electrons. The number of thioether (sulfide) groups is 1. The molecule has 0 fully saturated rings. The van der Waals surface area contributed by atoms with Crippen LogP contribution in [0.25, 0.3) is 10.2 Å². The van der Waals surface area contributed by atoms with Gasteiger partial charge in [-0.3, -0.25) is 9.59 Å². The molecule has 0 aliphatic rings. The number of carbonyl (C=O) groups excluding carboxylic acids is 2. The third kappa shape index (κ3) is 4.00. The lowest BCUT2D eigenvalue weighted by molar-refractivity contribution is -0.139. The Morgan fingerprint density at radius 1 is 1.25 bits per heavy atom. The third-order valence-electron chi connectivity index (χ3n) is 3.20. The Hall–Kier alpha value is -1.77. The van der Waals surface area contributed by atoms with E-state index >= 15 is 0 Å². The molecule has 3 rings (SSSR count). The van der Waals surface area contributed by atoms with Crippen molar-refractivity contribution >= 4 is 56.4 Å². The lowest BCUT2D eigenvalue weighted by atomic mass is 10.3. The summed E-state index contributed by atoms with van der Waals surface area (Å²) in [6.07, 6.45) is 2.38. The first-order valence-corrected chi connectivity index (χ1v) is 9.94. The molecule has 3 heterocycles. The van der Waals surface area contributed by atoms with Crippen LogP contribution in [0, 0.1) is 0 Å². The van der Waals surface area contributed by atoms with Crippen molar-refractivity contribution in [3.05, 3.63) is 39.7 Å². The Labute approximate surface area is 151 Å². The highest BCUT2D eigenvalue weighted by Crippen LogP contribution is 2.27. The van der Waals surface area contributed by atoms with Gasteiger partial charge in [0.15, 0.2) is 6.61 Å². The normalized spacial score (nSPS) is 10.9. The molecular formula is C16H14N2O3S3. The Kier molecular flexibility index (Phi) is 5.60. The van der Waals surface area contributed by atoms with Crippen LogP contribution in [0.5, 0.6) is 0 Å². The van der Waals surface area contributed by atoms with E-state index in [2.05, 4.69) is 9.97 Å². The minimum atomic E-state index is -0.428. The average molecular weight is 379 g/mol. The summed E-state index contributed by atoms with van der Waals surface area (Å²) >= 11 is 4.26. The molecule has 0 aliphatic heterocycles. The number of ether oxygens (including phenoxy) is 1. The van der Waals surface area contributed by atoms with E-state index in [1.165, 1.54) is 40.8 Å². The largest absolute Gasteiger partial charge is 0.457 e. The van der Waals surface area contributed by atoms with E-state index in [0.717, 1.165) is 26.5 Å². The summed E-state index contributed by atoms with van der Waals surface area (Å²) in [6, 6.07) is 5.64. The first-order valence-electron chi connectivity index (χ1n) is 7.26. The zero-order chi connectivity index (χ0) is 16.9. The van der Waals surface area contributed by atoms with E-state index in [9.17, 15) is 9.59 Å². The molecule has 0 spiro atoms. The van der Waals surface area contributed by atoms with E-state index in [1.54, 1.807) is 6.07 Å². The average Bonchev–Trinajstić information content (AvgIpc) is 3.26. The van der Waals surface area contributed by atoms with E-state index in [-0.39, 0.29) is 18.1 Å². The van der Waals surface area contributed by atoms with Gasteiger partial charge >= 0.3 is 5.97 Å². The Morgan fingerprint density at radius 3 is 2.92 bits per heavy atom. The molecular weight excluding hydrogens is 364 g/mol. The predicted molar refractivity (Wildman–Crippen MR) is 97.1 cm³/mol. The van der Waals surface area contributed by atoms with Crippen molar-refractivity contribution in [2.45, 2.75) is 18.4 Å². The summed E-state index contributed by atoms with van der Waals surface area (Å²) in [5.74, 6) is -0.484. The molecule has 0 saturated heterocycles. The smallest absolute Gasteiger partial charge is 0.316 e. The first-order chi connectivity index (χ1) is 11.7. The number of aromatic nitrogens is 2. The number of aryl methyl sites for hydroxylation is 1. The van der Waals surface area contributed by atoms with Crippen LogP contribution in [-0.2, 0) is 16.0 Å². The summed E-state index contributed by atoms with van der Waals surface area (Å²) in [5.41, 5.74) is 0. The molecule has 0 amide bonds. The zero-order valence-electron chi connectivity index (χ0n) is 12.9. The number of Topliss-reactive ketones (excluding diaryl/α,β-unsaturated/α-hetero) is 1. The quantitative estimate of drug-likeness (QED) is 0.269. The number of hydrogen-bond acceptors (Lipinski definition) is 8. The van der Waals surface area contributed by atoms with Gasteiger partial charge in [-0.05, 0) is 30.0 Å². The van der Waals surface area contributed by atoms with Gasteiger partial charge in [-0.15, -0.1) is 22.7 Å². The molecule has 0 atom stereocenters. The fourth-order valence-corrected chi connectivity index (χ4v) is 4.44. The van der Waals surface area contributed by atoms with Gasteiger partial charge in [-0.25, -0.2) is 9.97 Å². The Balaban J connectivity index is 1.51. The van der Waals surface area contributed by atoms with Crippen LogP contribution >= 0.6 is 34.4 Å². The van der Waals surface area contributed by atoms with Crippen LogP contribution in [0.3, 0.4) is 0 Å². The van der Waals surface area contributed by atoms with Crippen molar-refractivity contribution in [1.82, 2.24) is 9.97 Å². The van der Waals surface area contributed by atoms with Gasteiger partial charge < -0.3 is 4.74 Å². The van der Waals surface area contributed by atoms with Crippen LogP contribution in [0.15, 0.2) is 34.9 Å². The minimum absolute atomic E-state index is 0.111. The highest BCUT2D eigenvalue weighted by Gasteiger charge is 2.13. The summed E-state index contributed by atoms with van der Waals surface area (Å²) in [5, 5.41) is 3.61. The number of rotatable bonds is 7. The number of ketones is 1. The molecule has 124 valence electrons. The zero-order valence-corrected chi connectivity index (χ0v) is 15.3. The molecule has 0 bridgehead atoms. The number of carbonyl (C=O) groups is 2. The van der Waals surface area contributed by atoms with Gasteiger partial charge in [-0.2, -0.15) is 0 Å². The van der Waals surface area contributed by atoms with Crippen molar-refractivity contribution in [1.29, 1.82) is 0 Å². The lowest BCUT2D eigenvalue weighted by Crippen LogP contribution is -2.14. The highest BCUT2D eigenvalue weighted by molar-refractivity contribution is 8.00. The van der Waals surface area contributed by atoms with Gasteiger partial charge in [-0.1, -0.05) is 18.7 Å². The van der Waals surface area contributed by atoms with Gasteiger partial charge in [0.2, 0.25) is 5.78 Å². The SMILES string of the molecule is CCc1ccc(C(=O)COC(=O)CSc2ncnc3sccc23)s1. The third-order valence-corrected chi connectivity index (χ3v) is 6.27. The molecule has 3 aromatic heterocycles. The van der Waals surface area contributed by atoms with Crippen LogP contribution < -0.4 is 0 Å².